The van der Waals surface area contributed by atoms with Gasteiger partial charge in [-0.25, -0.2) is 4.39 Å². The molecule has 0 saturated carbocycles. The average Bonchev–Trinajstić information content (AvgIpc) is 2.37. The van der Waals surface area contributed by atoms with Gasteiger partial charge < -0.3 is 10.6 Å². The van der Waals surface area contributed by atoms with Crippen LogP contribution in [0, 0.1) is 12.7 Å². The summed E-state index contributed by atoms with van der Waals surface area (Å²) in [5.41, 5.74) is 6.71. The third kappa shape index (κ3) is 2.78. The zero-order chi connectivity index (χ0) is 14.0. The number of halogens is 1. The van der Waals surface area contributed by atoms with Gasteiger partial charge in [-0.1, -0.05) is 6.07 Å². The molecule has 0 spiro atoms. The van der Waals surface area contributed by atoms with Crippen LogP contribution in [-0.4, -0.2) is 29.4 Å². The van der Waals surface area contributed by atoms with Crippen molar-refractivity contribution in [3.63, 3.8) is 0 Å². The number of likely N-dealkylation sites (tertiary alicyclic amines) is 1. The van der Waals surface area contributed by atoms with E-state index in [-0.39, 0.29) is 23.6 Å². The Morgan fingerprint density at radius 2 is 2.21 bits per heavy atom. The van der Waals surface area contributed by atoms with Gasteiger partial charge >= 0.3 is 0 Å². The first-order valence-electron chi connectivity index (χ1n) is 6.83. The molecule has 0 bridgehead atoms. The van der Waals surface area contributed by atoms with Crippen LogP contribution in [0.1, 0.15) is 42.1 Å². The molecule has 2 unspecified atom stereocenters. The van der Waals surface area contributed by atoms with Crippen molar-refractivity contribution >= 4 is 5.91 Å². The molecule has 0 aliphatic carbocycles. The molecule has 104 valence electrons. The highest BCUT2D eigenvalue weighted by Crippen LogP contribution is 2.25. The van der Waals surface area contributed by atoms with E-state index in [0.29, 0.717) is 6.54 Å². The van der Waals surface area contributed by atoms with Gasteiger partial charge in [0.2, 0.25) is 0 Å². The summed E-state index contributed by atoms with van der Waals surface area (Å²) in [5.74, 6) is -0.682. The Bertz CT molecular complexity index is 475. The molecule has 19 heavy (non-hydrogen) atoms. The molecule has 1 amide bonds. The number of nitrogens with zero attached hydrogens (tertiary/aromatic N) is 1. The summed E-state index contributed by atoms with van der Waals surface area (Å²) < 4.78 is 13.9. The fourth-order valence-corrected chi connectivity index (χ4v) is 2.82. The van der Waals surface area contributed by atoms with Crippen LogP contribution in [0.2, 0.25) is 0 Å². The minimum Gasteiger partial charge on any atom is -0.332 e. The number of piperidine rings is 1. The monoisotopic (exact) mass is 264 g/mol. The Kier molecular flexibility index (Phi) is 4.20. The maximum absolute atomic E-state index is 13.9. The lowest BCUT2D eigenvalue weighted by Crippen LogP contribution is -2.52. The van der Waals surface area contributed by atoms with Crippen molar-refractivity contribution in [2.45, 2.75) is 45.2 Å². The lowest BCUT2D eigenvalue weighted by atomic mass is 9.95. The van der Waals surface area contributed by atoms with Crippen molar-refractivity contribution in [3.8, 4) is 0 Å². The first-order chi connectivity index (χ1) is 9.04. The third-order valence-electron chi connectivity index (χ3n) is 3.89. The molecular weight excluding hydrogens is 243 g/mol. The zero-order valence-electron chi connectivity index (χ0n) is 11.5. The van der Waals surface area contributed by atoms with Gasteiger partial charge in [-0.15, -0.1) is 0 Å². The standard InChI is InChI=1S/C15H21FN2O/c1-10-6-7-13(14(16)8-10)15(19)18-11(2)4-3-5-12(18)9-17/h6-8,11-12H,3-5,9,17H2,1-2H3. The summed E-state index contributed by atoms with van der Waals surface area (Å²) in [7, 11) is 0. The predicted molar refractivity (Wildman–Crippen MR) is 73.5 cm³/mol. The molecule has 1 saturated heterocycles. The van der Waals surface area contributed by atoms with E-state index in [1.54, 1.807) is 17.0 Å². The predicted octanol–water partition coefficient (Wildman–Crippen LogP) is 2.48. The number of nitrogens with two attached hydrogens (primary N) is 1. The largest absolute Gasteiger partial charge is 0.332 e. The van der Waals surface area contributed by atoms with Crippen LogP contribution in [0.15, 0.2) is 18.2 Å². The second-order valence-corrected chi connectivity index (χ2v) is 5.37. The molecule has 1 fully saturated rings. The SMILES string of the molecule is Cc1ccc(C(=O)N2C(C)CCCC2CN)c(F)c1. The Morgan fingerprint density at radius 1 is 1.47 bits per heavy atom. The molecule has 3 nitrogen and oxygen atoms in total. The van der Waals surface area contributed by atoms with Gasteiger partial charge in [0.15, 0.2) is 0 Å². The molecule has 2 N–H and O–H groups in total. The van der Waals surface area contributed by atoms with Crippen molar-refractivity contribution in [3.05, 3.63) is 35.1 Å². The lowest BCUT2D eigenvalue weighted by molar-refractivity contribution is 0.0489. The highest BCUT2D eigenvalue weighted by molar-refractivity contribution is 5.95. The average molecular weight is 264 g/mol. The van der Waals surface area contributed by atoms with Crippen LogP contribution >= 0.6 is 0 Å². The molecule has 1 aromatic rings. The number of benzene rings is 1. The smallest absolute Gasteiger partial charge is 0.257 e. The maximum Gasteiger partial charge on any atom is 0.257 e. The fraction of sp³-hybridized carbons (Fsp3) is 0.533. The summed E-state index contributed by atoms with van der Waals surface area (Å²) in [4.78, 5) is 14.3. The van der Waals surface area contributed by atoms with Crippen LogP contribution in [0.25, 0.3) is 0 Å². The van der Waals surface area contributed by atoms with E-state index in [4.69, 9.17) is 5.73 Å². The Labute approximate surface area is 113 Å². The van der Waals surface area contributed by atoms with Crippen LogP contribution in [0.5, 0.6) is 0 Å². The summed E-state index contributed by atoms with van der Waals surface area (Å²) in [5, 5.41) is 0. The van der Waals surface area contributed by atoms with Crippen molar-refractivity contribution in [1.29, 1.82) is 0 Å². The fourth-order valence-electron chi connectivity index (χ4n) is 2.82. The number of hydrogen-bond donors (Lipinski definition) is 1. The lowest BCUT2D eigenvalue weighted by Gasteiger charge is -2.40. The number of amides is 1. The Balaban J connectivity index is 2.30. The van der Waals surface area contributed by atoms with E-state index in [2.05, 4.69) is 0 Å². The first kappa shape index (κ1) is 14.0. The van der Waals surface area contributed by atoms with E-state index in [1.807, 2.05) is 13.8 Å². The summed E-state index contributed by atoms with van der Waals surface area (Å²) >= 11 is 0. The normalized spacial score (nSPS) is 23.5. The van der Waals surface area contributed by atoms with Crippen molar-refractivity contribution in [2.75, 3.05) is 6.54 Å². The molecular formula is C15H21FN2O. The summed E-state index contributed by atoms with van der Waals surface area (Å²) in [6, 6.07) is 4.89. The van der Waals surface area contributed by atoms with Crippen LogP contribution in [0.3, 0.4) is 0 Å². The molecule has 4 heteroatoms. The number of aryl methyl sites for hydroxylation is 1. The van der Waals surface area contributed by atoms with Crippen molar-refractivity contribution < 1.29 is 9.18 Å². The van der Waals surface area contributed by atoms with E-state index in [1.165, 1.54) is 6.07 Å². The van der Waals surface area contributed by atoms with Crippen molar-refractivity contribution in [2.24, 2.45) is 5.73 Å². The van der Waals surface area contributed by atoms with E-state index in [0.717, 1.165) is 24.8 Å². The highest BCUT2D eigenvalue weighted by Gasteiger charge is 2.32. The van der Waals surface area contributed by atoms with Gasteiger partial charge in [-0.05, 0) is 50.8 Å². The van der Waals surface area contributed by atoms with Crippen molar-refractivity contribution in [1.82, 2.24) is 4.90 Å². The second kappa shape index (κ2) is 5.70. The van der Waals surface area contributed by atoms with E-state index >= 15 is 0 Å². The van der Waals surface area contributed by atoms with Gasteiger partial charge in [0, 0.05) is 18.6 Å². The van der Waals surface area contributed by atoms with Gasteiger partial charge in [-0.2, -0.15) is 0 Å². The molecule has 2 atom stereocenters. The van der Waals surface area contributed by atoms with E-state index < -0.39 is 5.82 Å². The topological polar surface area (TPSA) is 46.3 Å². The van der Waals surface area contributed by atoms with Gasteiger partial charge in [-0.3, -0.25) is 4.79 Å². The first-order valence-corrected chi connectivity index (χ1v) is 6.83. The minimum absolute atomic E-state index is 0.0250. The van der Waals surface area contributed by atoms with E-state index in [9.17, 15) is 9.18 Å². The van der Waals surface area contributed by atoms with Crippen LogP contribution < -0.4 is 5.73 Å². The number of rotatable bonds is 2. The minimum atomic E-state index is -0.446. The molecule has 2 rings (SSSR count). The third-order valence-corrected chi connectivity index (χ3v) is 3.89. The molecule has 1 aliphatic rings. The molecule has 1 aliphatic heterocycles. The molecule has 1 aromatic carbocycles. The highest BCUT2D eigenvalue weighted by atomic mass is 19.1. The molecule has 0 aromatic heterocycles. The number of hydrogen-bond acceptors (Lipinski definition) is 2. The van der Waals surface area contributed by atoms with Gasteiger partial charge in [0.1, 0.15) is 5.82 Å². The zero-order valence-corrected chi connectivity index (χ0v) is 11.5. The number of carbonyl (C=O) groups is 1. The summed E-state index contributed by atoms with van der Waals surface area (Å²) in [6.07, 6.45) is 2.93. The molecule has 1 heterocycles. The number of carbonyl (C=O) groups excluding carboxylic acids is 1. The van der Waals surface area contributed by atoms with Gasteiger partial charge in [0.25, 0.3) is 5.91 Å². The van der Waals surface area contributed by atoms with Crippen LogP contribution in [-0.2, 0) is 0 Å². The Hall–Kier alpha value is -1.42. The second-order valence-electron chi connectivity index (χ2n) is 5.37. The molecule has 0 radical (unpaired) electrons. The van der Waals surface area contributed by atoms with Gasteiger partial charge in [0.05, 0.1) is 5.56 Å². The maximum atomic E-state index is 13.9. The Morgan fingerprint density at radius 3 is 2.84 bits per heavy atom. The summed E-state index contributed by atoms with van der Waals surface area (Å²) in [6.45, 7) is 4.25. The quantitative estimate of drug-likeness (QED) is 0.892. The van der Waals surface area contributed by atoms with Crippen LogP contribution in [0.4, 0.5) is 4.39 Å².